The minimum Gasteiger partial charge on any atom is -0.489 e. The molecule has 2 heterocycles. The van der Waals surface area contributed by atoms with Crippen LogP contribution in [0.15, 0.2) is 36.8 Å². The zero-order valence-corrected chi connectivity index (χ0v) is 8.58. The Balaban J connectivity index is 1.93. The first-order valence-electron chi connectivity index (χ1n) is 4.85. The van der Waals surface area contributed by atoms with Gasteiger partial charge in [0.2, 0.25) is 0 Å². The Morgan fingerprint density at radius 3 is 3.06 bits per heavy atom. The molecule has 2 aromatic heterocycles. The van der Waals surface area contributed by atoms with Gasteiger partial charge in [-0.2, -0.15) is 10.4 Å². The molecule has 5 heteroatoms. The van der Waals surface area contributed by atoms with E-state index in [1.54, 1.807) is 29.2 Å². The minimum absolute atomic E-state index is 0.308. The third kappa shape index (κ3) is 2.36. The number of nitrogens with zero attached hydrogens (tertiary/aromatic N) is 4. The van der Waals surface area contributed by atoms with Crippen molar-refractivity contribution in [1.29, 1.82) is 5.26 Å². The molecule has 0 bridgehead atoms. The Hall–Kier alpha value is -2.35. The molecule has 0 unspecified atom stereocenters. The normalized spacial score (nSPS) is 9.69. The quantitative estimate of drug-likeness (QED) is 0.767. The molecule has 0 fully saturated rings. The van der Waals surface area contributed by atoms with Gasteiger partial charge in [-0.25, -0.2) is 4.98 Å². The average Bonchev–Trinajstić information content (AvgIpc) is 2.83. The van der Waals surface area contributed by atoms with Gasteiger partial charge in [-0.05, 0) is 18.2 Å². The van der Waals surface area contributed by atoms with Gasteiger partial charge in [0, 0.05) is 18.6 Å². The molecule has 0 N–H and O–H groups in total. The van der Waals surface area contributed by atoms with Crippen LogP contribution in [-0.2, 0) is 6.54 Å². The highest BCUT2D eigenvalue weighted by Gasteiger charge is 2.02. The van der Waals surface area contributed by atoms with Crippen LogP contribution < -0.4 is 4.74 Å². The second-order valence-corrected chi connectivity index (χ2v) is 3.08. The molecule has 80 valence electrons. The van der Waals surface area contributed by atoms with Crippen molar-refractivity contribution in [2.45, 2.75) is 6.54 Å². The van der Waals surface area contributed by atoms with E-state index in [1.807, 2.05) is 18.3 Å². The summed E-state index contributed by atoms with van der Waals surface area (Å²) in [6, 6.07) is 7.30. The third-order valence-corrected chi connectivity index (χ3v) is 2.01. The number of aromatic nitrogens is 3. The fraction of sp³-hybridized carbons (Fsp3) is 0.182. The number of nitriles is 1. The number of hydrogen-bond acceptors (Lipinski definition) is 4. The first-order valence-corrected chi connectivity index (χ1v) is 4.85. The van der Waals surface area contributed by atoms with Crippen molar-refractivity contribution >= 4 is 0 Å². The summed E-state index contributed by atoms with van der Waals surface area (Å²) in [5.74, 6) is 0.511. The maximum absolute atomic E-state index is 8.79. The second-order valence-electron chi connectivity index (χ2n) is 3.08. The van der Waals surface area contributed by atoms with E-state index in [1.165, 1.54) is 0 Å². The molecule has 16 heavy (non-hydrogen) atoms. The molecule has 0 aliphatic carbocycles. The van der Waals surface area contributed by atoms with Crippen LogP contribution in [0.5, 0.6) is 5.75 Å². The largest absolute Gasteiger partial charge is 0.489 e. The van der Waals surface area contributed by atoms with Crippen molar-refractivity contribution in [2.24, 2.45) is 0 Å². The van der Waals surface area contributed by atoms with E-state index < -0.39 is 0 Å². The van der Waals surface area contributed by atoms with Gasteiger partial charge in [-0.1, -0.05) is 0 Å². The highest BCUT2D eigenvalue weighted by Crippen LogP contribution is 2.13. The van der Waals surface area contributed by atoms with Gasteiger partial charge in [0.15, 0.2) is 11.4 Å². The molecule has 0 spiro atoms. The van der Waals surface area contributed by atoms with Crippen molar-refractivity contribution < 1.29 is 4.74 Å². The molecule has 0 atom stereocenters. The molecule has 2 aromatic rings. The van der Waals surface area contributed by atoms with E-state index in [0.29, 0.717) is 24.6 Å². The summed E-state index contributed by atoms with van der Waals surface area (Å²) >= 11 is 0. The molecule has 0 aliphatic rings. The SMILES string of the molecule is N#Cc1ncccc1OCCn1cccn1. The monoisotopic (exact) mass is 214 g/mol. The number of hydrogen-bond donors (Lipinski definition) is 0. The van der Waals surface area contributed by atoms with Crippen LogP contribution in [0.2, 0.25) is 0 Å². The van der Waals surface area contributed by atoms with Gasteiger partial charge in [-0.15, -0.1) is 0 Å². The molecule has 0 radical (unpaired) electrons. The molecule has 0 aromatic carbocycles. The minimum atomic E-state index is 0.308. The highest BCUT2D eigenvalue weighted by atomic mass is 16.5. The van der Waals surface area contributed by atoms with Gasteiger partial charge < -0.3 is 4.74 Å². The maximum atomic E-state index is 8.79. The lowest BCUT2D eigenvalue weighted by Crippen LogP contribution is -2.09. The Labute approximate surface area is 92.9 Å². The Kier molecular flexibility index (Phi) is 3.14. The average molecular weight is 214 g/mol. The molecule has 2 rings (SSSR count). The van der Waals surface area contributed by atoms with Crippen LogP contribution in [0.4, 0.5) is 0 Å². The van der Waals surface area contributed by atoms with Crippen LogP contribution in [0.25, 0.3) is 0 Å². The van der Waals surface area contributed by atoms with Gasteiger partial charge in [0.25, 0.3) is 0 Å². The Morgan fingerprint density at radius 2 is 2.31 bits per heavy atom. The zero-order chi connectivity index (χ0) is 11.2. The second kappa shape index (κ2) is 4.94. The van der Waals surface area contributed by atoms with Crippen molar-refractivity contribution in [3.05, 3.63) is 42.5 Å². The molecule has 0 aliphatic heterocycles. The standard InChI is InChI=1S/C11H10N4O/c12-9-10-11(3-1-4-13-10)16-8-7-15-6-2-5-14-15/h1-6H,7-8H2. The predicted octanol–water partition coefficient (Wildman–Crippen LogP) is 1.23. The van der Waals surface area contributed by atoms with Crippen molar-refractivity contribution in [3.8, 4) is 11.8 Å². The van der Waals surface area contributed by atoms with E-state index in [4.69, 9.17) is 10.00 Å². The Bertz CT molecular complexity index is 487. The van der Waals surface area contributed by atoms with E-state index >= 15 is 0 Å². The number of rotatable bonds is 4. The molecule has 0 saturated heterocycles. The third-order valence-electron chi connectivity index (χ3n) is 2.01. The number of pyridine rings is 1. The van der Waals surface area contributed by atoms with Crippen molar-refractivity contribution in [1.82, 2.24) is 14.8 Å². The molecule has 0 amide bonds. The lowest BCUT2D eigenvalue weighted by Gasteiger charge is -2.06. The summed E-state index contributed by atoms with van der Waals surface area (Å²) in [6.45, 7) is 1.11. The van der Waals surface area contributed by atoms with Crippen LogP contribution in [0, 0.1) is 11.3 Å². The first kappa shape index (κ1) is 10.2. The fourth-order valence-corrected chi connectivity index (χ4v) is 1.27. The topological polar surface area (TPSA) is 63.7 Å². The van der Waals surface area contributed by atoms with E-state index in [0.717, 1.165) is 0 Å². The maximum Gasteiger partial charge on any atom is 0.182 e. The van der Waals surface area contributed by atoms with E-state index in [2.05, 4.69) is 10.1 Å². The predicted molar refractivity (Wildman–Crippen MR) is 56.7 cm³/mol. The van der Waals surface area contributed by atoms with Crippen LogP contribution in [0.1, 0.15) is 5.69 Å². The molecule has 5 nitrogen and oxygen atoms in total. The lowest BCUT2D eigenvalue weighted by atomic mass is 10.3. The van der Waals surface area contributed by atoms with Crippen molar-refractivity contribution in [3.63, 3.8) is 0 Å². The smallest absolute Gasteiger partial charge is 0.182 e. The van der Waals surface area contributed by atoms with E-state index in [9.17, 15) is 0 Å². The van der Waals surface area contributed by atoms with Gasteiger partial charge in [0.05, 0.1) is 6.54 Å². The summed E-state index contributed by atoms with van der Waals surface area (Å²) in [7, 11) is 0. The summed E-state index contributed by atoms with van der Waals surface area (Å²) in [5, 5.41) is 12.8. The lowest BCUT2D eigenvalue weighted by molar-refractivity contribution is 0.289. The fourth-order valence-electron chi connectivity index (χ4n) is 1.27. The van der Waals surface area contributed by atoms with Crippen LogP contribution in [-0.4, -0.2) is 21.4 Å². The van der Waals surface area contributed by atoms with Crippen molar-refractivity contribution in [2.75, 3.05) is 6.61 Å². The van der Waals surface area contributed by atoms with E-state index in [-0.39, 0.29) is 0 Å². The summed E-state index contributed by atoms with van der Waals surface area (Å²) in [4.78, 5) is 3.90. The summed E-state index contributed by atoms with van der Waals surface area (Å²) < 4.78 is 7.22. The van der Waals surface area contributed by atoms with Gasteiger partial charge >= 0.3 is 0 Å². The zero-order valence-electron chi connectivity index (χ0n) is 8.58. The van der Waals surface area contributed by atoms with Crippen LogP contribution >= 0.6 is 0 Å². The number of ether oxygens (including phenoxy) is 1. The molecule has 0 saturated carbocycles. The molecular weight excluding hydrogens is 204 g/mol. The van der Waals surface area contributed by atoms with Gasteiger partial charge in [-0.3, -0.25) is 4.68 Å². The first-order chi connectivity index (χ1) is 7.90. The molecular formula is C11H10N4O. The van der Waals surface area contributed by atoms with Crippen LogP contribution in [0.3, 0.4) is 0 Å². The highest BCUT2D eigenvalue weighted by molar-refractivity contribution is 5.36. The summed E-state index contributed by atoms with van der Waals surface area (Å²) in [6.07, 6.45) is 5.14. The van der Waals surface area contributed by atoms with Gasteiger partial charge in [0.1, 0.15) is 12.7 Å². The Morgan fingerprint density at radius 1 is 1.38 bits per heavy atom. The summed E-state index contributed by atoms with van der Waals surface area (Å²) in [5.41, 5.74) is 0.308.